The van der Waals surface area contributed by atoms with E-state index in [2.05, 4.69) is 20.3 Å². The minimum absolute atomic E-state index is 0.0493. The molecule has 3 rings (SSSR count). The van der Waals surface area contributed by atoms with Crippen LogP contribution in [0.2, 0.25) is 0 Å². The molecule has 1 atom stereocenters. The fourth-order valence-corrected chi connectivity index (χ4v) is 2.62. The van der Waals surface area contributed by atoms with Gasteiger partial charge in [0.25, 0.3) is 5.56 Å². The smallest absolute Gasteiger partial charge is 0.255 e. The zero-order valence-corrected chi connectivity index (χ0v) is 13.3. The van der Waals surface area contributed by atoms with Crippen LogP contribution in [0.5, 0.6) is 0 Å². The summed E-state index contributed by atoms with van der Waals surface area (Å²) in [4.78, 5) is 35.7. The Balaban J connectivity index is 1.78. The molecule has 0 bridgehead atoms. The number of hydrogen-bond acceptors (Lipinski definition) is 4. The SMILES string of the molecule is Cc1nc(-c2ccccn2)[nH]c(=O)c1CC(=O)NC(C)C1CC1. The second kappa shape index (κ2) is 6.32. The van der Waals surface area contributed by atoms with Crippen LogP contribution in [-0.4, -0.2) is 26.9 Å². The van der Waals surface area contributed by atoms with Crippen molar-refractivity contribution in [2.45, 2.75) is 39.2 Å². The Morgan fingerprint density at radius 1 is 1.43 bits per heavy atom. The van der Waals surface area contributed by atoms with Crippen LogP contribution in [-0.2, 0) is 11.2 Å². The van der Waals surface area contributed by atoms with Crippen molar-refractivity contribution in [1.82, 2.24) is 20.3 Å². The molecule has 6 nitrogen and oxygen atoms in total. The number of rotatable bonds is 5. The fourth-order valence-electron chi connectivity index (χ4n) is 2.62. The lowest BCUT2D eigenvalue weighted by atomic mass is 10.1. The number of amides is 1. The molecule has 2 aromatic rings. The molecule has 2 N–H and O–H groups in total. The van der Waals surface area contributed by atoms with Crippen molar-refractivity contribution >= 4 is 5.91 Å². The van der Waals surface area contributed by atoms with E-state index in [9.17, 15) is 9.59 Å². The lowest BCUT2D eigenvalue weighted by Gasteiger charge is -2.13. The summed E-state index contributed by atoms with van der Waals surface area (Å²) in [6.07, 6.45) is 4.03. The largest absolute Gasteiger partial charge is 0.353 e. The van der Waals surface area contributed by atoms with E-state index in [4.69, 9.17) is 0 Å². The maximum atomic E-state index is 12.3. The van der Waals surface area contributed by atoms with Gasteiger partial charge in [0.15, 0.2) is 5.82 Å². The second-order valence-electron chi connectivity index (χ2n) is 6.06. The molecular weight excluding hydrogens is 292 g/mol. The Kier molecular flexibility index (Phi) is 4.23. The van der Waals surface area contributed by atoms with Crippen molar-refractivity contribution in [2.75, 3.05) is 0 Å². The van der Waals surface area contributed by atoms with Gasteiger partial charge in [-0.25, -0.2) is 4.98 Å². The van der Waals surface area contributed by atoms with Crippen molar-refractivity contribution in [3.63, 3.8) is 0 Å². The monoisotopic (exact) mass is 312 g/mol. The van der Waals surface area contributed by atoms with Crippen molar-refractivity contribution in [3.05, 3.63) is 46.0 Å². The van der Waals surface area contributed by atoms with Gasteiger partial charge in [-0.05, 0) is 44.7 Å². The molecule has 1 fully saturated rings. The molecule has 6 heteroatoms. The zero-order chi connectivity index (χ0) is 16.4. The quantitative estimate of drug-likeness (QED) is 0.878. The van der Waals surface area contributed by atoms with Gasteiger partial charge < -0.3 is 10.3 Å². The fraction of sp³-hybridized carbons (Fsp3) is 0.412. The van der Waals surface area contributed by atoms with Crippen molar-refractivity contribution < 1.29 is 4.79 Å². The normalized spacial score (nSPS) is 15.2. The lowest BCUT2D eigenvalue weighted by Crippen LogP contribution is -2.36. The predicted octanol–water partition coefficient (Wildman–Crippen LogP) is 1.60. The molecule has 1 amide bonds. The highest BCUT2D eigenvalue weighted by Gasteiger charge is 2.29. The average molecular weight is 312 g/mol. The molecule has 23 heavy (non-hydrogen) atoms. The predicted molar refractivity (Wildman–Crippen MR) is 86.9 cm³/mol. The maximum absolute atomic E-state index is 12.3. The Hall–Kier alpha value is -2.50. The van der Waals surface area contributed by atoms with E-state index in [0.29, 0.717) is 28.7 Å². The third-order valence-corrected chi connectivity index (χ3v) is 4.18. The minimum Gasteiger partial charge on any atom is -0.353 e. The van der Waals surface area contributed by atoms with Crippen LogP contribution in [0.25, 0.3) is 11.5 Å². The molecule has 1 saturated carbocycles. The highest BCUT2D eigenvalue weighted by molar-refractivity contribution is 5.79. The molecule has 1 unspecified atom stereocenters. The molecule has 1 aliphatic carbocycles. The highest BCUT2D eigenvalue weighted by atomic mass is 16.2. The van der Waals surface area contributed by atoms with Gasteiger partial charge in [-0.15, -0.1) is 0 Å². The van der Waals surface area contributed by atoms with Gasteiger partial charge in [-0.3, -0.25) is 14.6 Å². The number of H-pyrrole nitrogens is 1. The van der Waals surface area contributed by atoms with Gasteiger partial charge in [-0.1, -0.05) is 6.07 Å². The van der Waals surface area contributed by atoms with Crippen LogP contribution in [0.3, 0.4) is 0 Å². The molecule has 2 heterocycles. The van der Waals surface area contributed by atoms with Crippen LogP contribution < -0.4 is 10.9 Å². The van der Waals surface area contributed by atoms with Crippen molar-refractivity contribution in [1.29, 1.82) is 0 Å². The number of carbonyl (C=O) groups is 1. The van der Waals surface area contributed by atoms with Gasteiger partial charge in [-0.2, -0.15) is 0 Å². The second-order valence-corrected chi connectivity index (χ2v) is 6.06. The van der Waals surface area contributed by atoms with Gasteiger partial charge in [0.2, 0.25) is 5.91 Å². The Morgan fingerprint density at radius 3 is 2.83 bits per heavy atom. The van der Waals surface area contributed by atoms with Crippen LogP contribution in [0.4, 0.5) is 0 Å². The summed E-state index contributed by atoms with van der Waals surface area (Å²) in [7, 11) is 0. The molecule has 0 aliphatic heterocycles. The van der Waals surface area contributed by atoms with E-state index < -0.39 is 0 Å². The molecule has 2 aromatic heterocycles. The third-order valence-electron chi connectivity index (χ3n) is 4.18. The molecule has 0 aromatic carbocycles. The Labute approximate surface area is 134 Å². The van der Waals surface area contributed by atoms with Gasteiger partial charge in [0, 0.05) is 23.5 Å². The van der Waals surface area contributed by atoms with Gasteiger partial charge in [0.05, 0.1) is 6.42 Å². The van der Waals surface area contributed by atoms with E-state index in [-0.39, 0.29) is 23.9 Å². The Bertz CT molecular complexity index is 766. The number of aromatic nitrogens is 3. The van der Waals surface area contributed by atoms with E-state index in [0.717, 1.165) is 0 Å². The van der Waals surface area contributed by atoms with E-state index in [1.54, 1.807) is 25.3 Å². The maximum Gasteiger partial charge on any atom is 0.255 e. The van der Waals surface area contributed by atoms with Gasteiger partial charge >= 0.3 is 0 Å². The number of pyridine rings is 1. The summed E-state index contributed by atoms with van der Waals surface area (Å²) >= 11 is 0. The molecule has 1 aliphatic rings. The van der Waals surface area contributed by atoms with E-state index >= 15 is 0 Å². The number of aromatic amines is 1. The Morgan fingerprint density at radius 2 is 2.22 bits per heavy atom. The van der Waals surface area contributed by atoms with Crippen LogP contribution >= 0.6 is 0 Å². The standard InChI is InChI=1S/C17H20N4O2/c1-10(12-6-7-12)19-15(22)9-13-11(2)20-16(21-17(13)23)14-5-3-4-8-18-14/h3-5,8,10,12H,6-7,9H2,1-2H3,(H,19,22)(H,20,21,23). The molecular formula is C17H20N4O2. The summed E-state index contributed by atoms with van der Waals surface area (Å²) in [5.41, 5.74) is 1.28. The topological polar surface area (TPSA) is 87.7 Å². The number of nitrogens with zero attached hydrogens (tertiary/aromatic N) is 2. The van der Waals surface area contributed by atoms with Crippen LogP contribution in [0, 0.1) is 12.8 Å². The summed E-state index contributed by atoms with van der Waals surface area (Å²) in [5, 5.41) is 2.96. The molecule has 0 spiro atoms. The summed E-state index contributed by atoms with van der Waals surface area (Å²) in [6.45, 7) is 3.75. The number of carbonyl (C=O) groups excluding carboxylic acids is 1. The number of aryl methyl sites for hydroxylation is 1. The van der Waals surface area contributed by atoms with E-state index in [1.165, 1.54) is 12.8 Å². The first-order valence-corrected chi connectivity index (χ1v) is 7.85. The summed E-state index contributed by atoms with van der Waals surface area (Å²) in [5.74, 6) is 0.872. The number of nitrogens with one attached hydrogen (secondary N) is 2. The van der Waals surface area contributed by atoms with Gasteiger partial charge in [0.1, 0.15) is 5.69 Å². The molecule has 0 saturated heterocycles. The first kappa shape index (κ1) is 15.4. The summed E-state index contributed by atoms with van der Waals surface area (Å²) < 4.78 is 0. The van der Waals surface area contributed by atoms with Crippen molar-refractivity contribution in [2.24, 2.45) is 5.92 Å². The molecule has 120 valence electrons. The highest BCUT2D eigenvalue weighted by Crippen LogP contribution is 2.32. The lowest BCUT2D eigenvalue weighted by molar-refractivity contribution is -0.121. The van der Waals surface area contributed by atoms with E-state index in [1.807, 2.05) is 13.0 Å². The number of hydrogen-bond donors (Lipinski definition) is 2. The minimum atomic E-state index is -0.285. The molecule has 0 radical (unpaired) electrons. The zero-order valence-electron chi connectivity index (χ0n) is 13.3. The average Bonchev–Trinajstić information content (AvgIpc) is 3.36. The third kappa shape index (κ3) is 3.64. The van der Waals surface area contributed by atoms with Crippen LogP contribution in [0.1, 0.15) is 31.0 Å². The van der Waals surface area contributed by atoms with Crippen molar-refractivity contribution in [3.8, 4) is 11.5 Å². The first-order chi connectivity index (χ1) is 11.0. The van der Waals surface area contributed by atoms with Crippen LogP contribution in [0.15, 0.2) is 29.2 Å². The first-order valence-electron chi connectivity index (χ1n) is 7.85. The summed E-state index contributed by atoms with van der Waals surface area (Å²) in [6, 6.07) is 5.58.